The van der Waals surface area contributed by atoms with Gasteiger partial charge in [-0.15, -0.1) is 23.3 Å². The predicted molar refractivity (Wildman–Crippen MR) is 147 cm³/mol. The number of aliphatic hydroxyl groups is 1. The van der Waals surface area contributed by atoms with Crippen LogP contribution in [0.3, 0.4) is 0 Å². The largest absolute Gasteiger partial charge is 0.512 e. The van der Waals surface area contributed by atoms with E-state index in [9.17, 15) is 4.79 Å². The van der Waals surface area contributed by atoms with Crippen molar-refractivity contribution in [3.63, 3.8) is 0 Å². The summed E-state index contributed by atoms with van der Waals surface area (Å²) in [7, 11) is 0. The van der Waals surface area contributed by atoms with E-state index in [0.29, 0.717) is 0 Å². The van der Waals surface area contributed by atoms with Crippen LogP contribution in [0.1, 0.15) is 25.0 Å². The molecule has 1 radical (unpaired) electrons. The molecule has 0 aliphatic rings. The van der Waals surface area contributed by atoms with Crippen LogP contribution in [0.2, 0.25) is 0 Å². The van der Waals surface area contributed by atoms with Crippen LogP contribution in [0.4, 0.5) is 0 Å². The second-order valence-corrected chi connectivity index (χ2v) is 9.00. The minimum Gasteiger partial charge on any atom is -0.512 e. The van der Waals surface area contributed by atoms with Gasteiger partial charge in [-0.3, -0.25) is 9.78 Å². The first-order valence-corrected chi connectivity index (χ1v) is 11.8. The Hall–Kier alpha value is -3.79. The SMILES string of the molecule is CC(=O)/C=C(/C)O.Cc1cccc2c[c-]c(-c3nc4ccccc4c4c3oc3ccccc34)c(C)c12.[Ir]. The van der Waals surface area contributed by atoms with E-state index in [4.69, 9.17) is 14.5 Å². The molecule has 0 fully saturated rings. The summed E-state index contributed by atoms with van der Waals surface area (Å²) in [5.74, 6) is -0.0625. The zero-order valence-corrected chi connectivity index (χ0v) is 23.4. The first kappa shape index (κ1) is 26.3. The summed E-state index contributed by atoms with van der Waals surface area (Å²) >= 11 is 0. The number of para-hydroxylation sites is 2. The van der Waals surface area contributed by atoms with Gasteiger partial charge in [-0.05, 0) is 32.9 Å². The van der Waals surface area contributed by atoms with Crippen LogP contribution in [0, 0.1) is 19.9 Å². The molecule has 0 spiro atoms. The molecule has 0 saturated heterocycles. The van der Waals surface area contributed by atoms with E-state index in [2.05, 4.69) is 74.5 Å². The van der Waals surface area contributed by atoms with Gasteiger partial charge in [0.1, 0.15) is 11.2 Å². The number of nitrogens with zero attached hydrogens (tertiary/aromatic N) is 1. The number of fused-ring (bicyclic) bond motifs is 6. The fourth-order valence-corrected chi connectivity index (χ4v) is 4.85. The Labute approximate surface area is 229 Å². The number of rotatable bonds is 2. The van der Waals surface area contributed by atoms with Crippen molar-refractivity contribution in [2.45, 2.75) is 27.7 Å². The normalized spacial score (nSPS) is 11.4. The molecule has 0 amide bonds. The number of carbonyl (C=O) groups is 1. The van der Waals surface area contributed by atoms with Gasteiger partial charge >= 0.3 is 0 Å². The average molecular weight is 665 g/mol. The molecule has 0 atom stereocenters. The van der Waals surface area contributed by atoms with Crippen molar-refractivity contribution < 1.29 is 34.4 Å². The fourth-order valence-electron chi connectivity index (χ4n) is 4.85. The molecule has 2 aromatic heterocycles. The number of aliphatic hydroxyl groups excluding tert-OH is 1. The molecule has 0 unspecified atom stereocenters. The van der Waals surface area contributed by atoms with Crippen molar-refractivity contribution >= 4 is 49.4 Å². The van der Waals surface area contributed by atoms with E-state index in [-0.39, 0.29) is 31.6 Å². The quantitative estimate of drug-likeness (QED) is 0.115. The summed E-state index contributed by atoms with van der Waals surface area (Å²) in [4.78, 5) is 15.1. The third-order valence-corrected chi connectivity index (χ3v) is 6.29. The van der Waals surface area contributed by atoms with Crippen LogP contribution in [-0.2, 0) is 24.9 Å². The summed E-state index contributed by atoms with van der Waals surface area (Å²) < 4.78 is 6.36. The summed E-state index contributed by atoms with van der Waals surface area (Å²) in [6.45, 7) is 7.16. The van der Waals surface area contributed by atoms with E-state index in [1.54, 1.807) is 0 Å². The Morgan fingerprint density at radius 1 is 0.919 bits per heavy atom. The third kappa shape index (κ3) is 4.93. The molecule has 6 rings (SSSR count). The molecule has 187 valence electrons. The molecule has 0 aliphatic carbocycles. The Balaban J connectivity index is 0.000000356. The summed E-state index contributed by atoms with van der Waals surface area (Å²) in [6, 6.07) is 28.5. The van der Waals surface area contributed by atoms with Crippen molar-refractivity contribution in [1.82, 2.24) is 4.98 Å². The van der Waals surface area contributed by atoms with Gasteiger partial charge in [0.2, 0.25) is 0 Å². The zero-order valence-electron chi connectivity index (χ0n) is 21.0. The number of benzene rings is 4. The number of hydrogen-bond acceptors (Lipinski definition) is 4. The molecule has 0 aliphatic heterocycles. The molecule has 0 bridgehead atoms. The number of aryl methyl sites for hydroxylation is 2. The third-order valence-electron chi connectivity index (χ3n) is 6.29. The molecule has 6 aromatic rings. The number of furan rings is 1. The maximum atomic E-state index is 10.0. The van der Waals surface area contributed by atoms with Crippen LogP contribution in [0.15, 0.2) is 89.0 Å². The van der Waals surface area contributed by atoms with E-state index < -0.39 is 0 Å². The summed E-state index contributed by atoms with van der Waals surface area (Å²) in [5, 5.41) is 14.2. The number of pyridine rings is 1. The molecule has 1 N–H and O–H groups in total. The molecular weight excluding hydrogens is 639 g/mol. The number of allylic oxidation sites excluding steroid dienone is 2. The molecule has 2 heterocycles. The van der Waals surface area contributed by atoms with Gasteiger partial charge < -0.3 is 9.52 Å². The van der Waals surface area contributed by atoms with Crippen molar-refractivity contribution in [2.75, 3.05) is 0 Å². The maximum absolute atomic E-state index is 10.0. The van der Waals surface area contributed by atoms with Crippen LogP contribution in [0.5, 0.6) is 0 Å². The van der Waals surface area contributed by atoms with Crippen LogP contribution >= 0.6 is 0 Å². The minimum atomic E-state index is -0.125. The average Bonchev–Trinajstić information content (AvgIpc) is 3.24. The second-order valence-electron chi connectivity index (χ2n) is 9.00. The predicted octanol–water partition coefficient (Wildman–Crippen LogP) is 8.41. The van der Waals surface area contributed by atoms with Crippen molar-refractivity contribution in [1.29, 1.82) is 0 Å². The molecule has 5 heteroatoms. The molecular formula is C32H26IrNO3-. The van der Waals surface area contributed by atoms with Gasteiger partial charge in [0, 0.05) is 48.0 Å². The Kier molecular flexibility index (Phi) is 7.58. The number of carbonyl (C=O) groups excluding carboxylic acids is 1. The van der Waals surface area contributed by atoms with Gasteiger partial charge in [-0.25, -0.2) is 0 Å². The monoisotopic (exact) mass is 665 g/mol. The van der Waals surface area contributed by atoms with Gasteiger partial charge in [0.25, 0.3) is 0 Å². The summed E-state index contributed by atoms with van der Waals surface area (Å²) in [5.41, 5.74) is 6.99. The molecule has 4 aromatic carbocycles. The zero-order chi connectivity index (χ0) is 25.4. The van der Waals surface area contributed by atoms with E-state index in [1.165, 1.54) is 41.8 Å². The second kappa shape index (κ2) is 10.7. The standard InChI is InChI=1S/C27H18NO.C5H8O2.Ir/c1-16-8-7-9-18-14-15-19(17(2)24(16)18)26-27-25(20-10-3-5-12-22(20)28-26)21-11-4-6-13-23(21)29-27;1-4(6)3-5(2)7;/h3-14H,1-2H3;3,6H,1-2H3;/q-1;;/b;4-3-;. The molecule has 4 nitrogen and oxygen atoms in total. The number of ketones is 1. The topological polar surface area (TPSA) is 63.3 Å². The Morgan fingerprint density at radius 3 is 2.32 bits per heavy atom. The van der Waals surface area contributed by atoms with Crippen LogP contribution in [-0.4, -0.2) is 15.9 Å². The molecule has 37 heavy (non-hydrogen) atoms. The van der Waals surface area contributed by atoms with E-state index >= 15 is 0 Å². The summed E-state index contributed by atoms with van der Waals surface area (Å²) in [6.07, 6.45) is 1.17. The smallest absolute Gasteiger partial charge is 0.155 e. The number of hydrogen-bond donors (Lipinski definition) is 1. The Morgan fingerprint density at radius 2 is 1.62 bits per heavy atom. The van der Waals surface area contributed by atoms with Gasteiger partial charge in [0.15, 0.2) is 5.78 Å². The molecule has 0 saturated carbocycles. The van der Waals surface area contributed by atoms with Gasteiger partial charge in [-0.1, -0.05) is 77.9 Å². The Bertz CT molecular complexity index is 1810. The minimum absolute atomic E-state index is 0. The van der Waals surface area contributed by atoms with Crippen LogP contribution < -0.4 is 0 Å². The first-order chi connectivity index (χ1) is 17.3. The van der Waals surface area contributed by atoms with E-state index in [1.807, 2.05) is 18.2 Å². The maximum Gasteiger partial charge on any atom is 0.155 e. The van der Waals surface area contributed by atoms with Gasteiger partial charge in [-0.2, -0.15) is 0 Å². The first-order valence-electron chi connectivity index (χ1n) is 11.8. The van der Waals surface area contributed by atoms with Crippen LogP contribution in [0.25, 0.3) is 54.9 Å². The van der Waals surface area contributed by atoms with Crippen molar-refractivity contribution in [3.8, 4) is 11.3 Å². The van der Waals surface area contributed by atoms with E-state index in [0.717, 1.165) is 44.1 Å². The van der Waals surface area contributed by atoms with Crippen molar-refractivity contribution in [3.05, 3.63) is 102 Å². The van der Waals surface area contributed by atoms with Gasteiger partial charge in [0.05, 0.1) is 11.3 Å². The number of aromatic nitrogens is 1. The fraction of sp³-hybridized carbons (Fsp3) is 0.125. The van der Waals surface area contributed by atoms with Crippen molar-refractivity contribution in [2.24, 2.45) is 0 Å².